The van der Waals surface area contributed by atoms with E-state index in [1.165, 1.54) is 0 Å². The highest BCUT2D eigenvalue weighted by atomic mass is 16.1. The van der Waals surface area contributed by atoms with Crippen molar-refractivity contribution in [2.45, 2.75) is 20.4 Å². The van der Waals surface area contributed by atoms with E-state index in [1.807, 2.05) is 85.3 Å². The molecule has 4 aromatic rings. The van der Waals surface area contributed by atoms with Crippen LogP contribution in [0, 0.1) is 13.8 Å². The van der Waals surface area contributed by atoms with Crippen LogP contribution in [0.25, 0.3) is 10.9 Å². The Bertz CT molecular complexity index is 1120. The number of hydrogen-bond donors (Lipinski definition) is 1. The highest BCUT2D eigenvalue weighted by Gasteiger charge is 2.15. The van der Waals surface area contributed by atoms with Crippen LogP contribution in [0.2, 0.25) is 0 Å². The lowest BCUT2D eigenvalue weighted by Gasteiger charge is -2.11. The molecule has 1 amide bonds. The van der Waals surface area contributed by atoms with E-state index in [4.69, 9.17) is 0 Å². The topological polar surface area (TPSA) is 59.8 Å². The van der Waals surface area contributed by atoms with Gasteiger partial charge in [0, 0.05) is 17.1 Å². The van der Waals surface area contributed by atoms with E-state index >= 15 is 0 Å². The SMILES string of the molecule is Cc1cc(C(=O)Nc2cc(C)nn2Cc2ccccc2)c2ccccc2n1. The maximum Gasteiger partial charge on any atom is 0.257 e. The van der Waals surface area contributed by atoms with Crippen molar-refractivity contribution in [3.05, 3.63) is 89.2 Å². The molecular weight excluding hydrogens is 336 g/mol. The van der Waals surface area contributed by atoms with Crippen molar-refractivity contribution in [1.82, 2.24) is 14.8 Å². The zero-order valence-corrected chi connectivity index (χ0v) is 15.3. The van der Waals surface area contributed by atoms with Crippen molar-refractivity contribution in [1.29, 1.82) is 0 Å². The summed E-state index contributed by atoms with van der Waals surface area (Å²) in [6, 6.07) is 21.5. The lowest BCUT2D eigenvalue weighted by Crippen LogP contribution is -2.17. The third-order valence-electron chi connectivity index (χ3n) is 4.41. The van der Waals surface area contributed by atoms with Gasteiger partial charge in [0.05, 0.1) is 23.3 Å². The molecule has 0 saturated heterocycles. The fraction of sp³-hybridized carbons (Fsp3) is 0.136. The Morgan fingerprint density at radius 2 is 1.70 bits per heavy atom. The molecule has 27 heavy (non-hydrogen) atoms. The lowest BCUT2D eigenvalue weighted by atomic mass is 10.1. The van der Waals surface area contributed by atoms with E-state index in [9.17, 15) is 4.79 Å². The number of aromatic nitrogens is 3. The van der Waals surface area contributed by atoms with E-state index in [2.05, 4.69) is 15.4 Å². The van der Waals surface area contributed by atoms with E-state index in [1.54, 1.807) is 0 Å². The van der Waals surface area contributed by atoms with Crippen LogP contribution in [0.5, 0.6) is 0 Å². The minimum Gasteiger partial charge on any atom is -0.307 e. The van der Waals surface area contributed by atoms with Crippen molar-refractivity contribution < 1.29 is 4.79 Å². The number of para-hydroxylation sites is 1. The first-order valence-corrected chi connectivity index (χ1v) is 8.86. The number of pyridine rings is 1. The first-order valence-electron chi connectivity index (χ1n) is 8.86. The third-order valence-corrected chi connectivity index (χ3v) is 4.41. The van der Waals surface area contributed by atoms with Crippen molar-refractivity contribution in [3.8, 4) is 0 Å². The largest absolute Gasteiger partial charge is 0.307 e. The number of anilines is 1. The predicted octanol–water partition coefficient (Wildman–Crippen LogP) is 4.35. The second-order valence-electron chi connectivity index (χ2n) is 6.60. The molecule has 0 unspecified atom stereocenters. The van der Waals surface area contributed by atoms with Gasteiger partial charge in [-0.1, -0.05) is 48.5 Å². The molecule has 0 aliphatic rings. The van der Waals surface area contributed by atoms with Gasteiger partial charge >= 0.3 is 0 Å². The highest BCUT2D eigenvalue weighted by molar-refractivity contribution is 6.12. The second kappa shape index (κ2) is 7.03. The number of nitrogens with zero attached hydrogens (tertiary/aromatic N) is 3. The first-order chi connectivity index (χ1) is 13.1. The molecule has 5 heteroatoms. The number of carbonyl (C=O) groups excluding carboxylic acids is 1. The van der Waals surface area contributed by atoms with Gasteiger partial charge in [0.1, 0.15) is 5.82 Å². The maximum atomic E-state index is 13.0. The van der Waals surface area contributed by atoms with Crippen LogP contribution >= 0.6 is 0 Å². The summed E-state index contributed by atoms with van der Waals surface area (Å²) >= 11 is 0. The zero-order valence-electron chi connectivity index (χ0n) is 15.3. The number of amides is 1. The molecule has 134 valence electrons. The molecule has 0 radical (unpaired) electrons. The Hall–Kier alpha value is -3.47. The highest BCUT2D eigenvalue weighted by Crippen LogP contribution is 2.20. The summed E-state index contributed by atoms with van der Waals surface area (Å²) in [7, 11) is 0. The van der Waals surface area contributed by atoms with Gasteiger partial charge in [-0.15, -0.1) is 0 Å². The number of benzene rings is 2. The molecule has 0 aliphatic carbocycles. The molecule has 2 aromatic heterocycles. The standard InChI is InChI=1S/C22H20N4O/c1-15-12-19(18-10-6-7-11-20(18)23-15)22(27)24-21-13-16(2)25-26(21)14-17-8-4-3-5-9-17/h3-13H,14H2,1-2H3,(H,24,27). The van der Waals surface area contributed by atoms with Gasteiger partial charge in [-0.3, -0.25) is 9.78 Å². The summed E-state index contributed by atoms with van der Waals surface area (Å²) in [6.07, 6.45) is 0. The van der Waals surface area contributed by atoms with Crippen LogP contribution in [0.1, 0.15) is 27.3 Å². The molecule has 1 N–H and O–H groups in total. The Morgan fingerprint density at radius 3 is 2.52 bits per heavy atom. The number of nitrogens with one attached hydrogen (secondary N) is 1. The Kier molecular flexibility index (Phi) is 4.42. The third kappa shape index (κ3) is 3.58. The summed E-state index contributed by atoms with van der Waals surface area (Å²) in [5.41, 5.74) is 4.23. The van der Waals surface area contributed by atoms with Gasteiger partial charge in [0.25, 0.3) is 5.91 Å². The molecule has 0 atom stereocenters. The molecule has 2 heterocycles. The van der Waals surface area contributed by atoms with Crippen LogP contribution in [-0.4, -0.2) is 20.7 Å². The normalized spacial score (nSPS) is 10.9. The summed E-state index contributed by atoms with van der Waals surface area (Å²) < 4.78 is 1.82. The average Bonchev–Trinajstić information content (AvgIpc) is 3.00. The number of aryl methyl sites for hydroxylation is 2. The molecule has 0 saturated carbocycles. The molecule has 0 bridgehead atoms. The smallest absolute Gasteiger partial charge is 0.257 e. The summed E-state index contributed by atoms with van der Waals surface area (Å²) in [4.78, 5) is 17.5. The lowest BCUT2D eigenvalue weighted by molar-refractivity contribution is 0.102. The van der Waals surface area contributed by atoms with Crippen LogP contribution in [0.4, 0.5) is 5.82 Å². The fourth-order valence-electron chi connectivity index (χ4n) is 3.20. The van der Waals surface area contributed by atoms with Gasteiger partial charge in [-0.05, 0) is 31.5 Å². The number of carbonyl (C=O) groups is 1. The van der Waals surface area contributed by atoms with Crippen molar-refractivity contribution in [3.63, 3.8) is 0 Å². The maximum absolute atomic E-state index is 13.0. The van der Waals surface area contributed by atoms with Crippen LogP contribution in [0.3, 0.4) is 0 Å². The van der Waals surface area contributed by atoms with E-state index < -0.39 is 0 Å². The van der Waals surface area contributed by atoms with Gasteiger partial charge in [0.15, 0.2) is 0 Å². The van der Waals surface area contributed by atoms with Crippen LogP contribution in [-0.2, 0) is 6.54 Å². The molecule has 2 aromatic carbocycles. The number of fused-ring (bicyclic) bond motifs is 1. The zero-order chi connectivity index (χ0) is 18.8. The molecular formula is C22H20N4O. The second-order valence-corrected chi connectivity index (χ2v) is 6.60. The van der Waals surface area contributed by atoms with E-state index in [0.717, 1.165) is 27.9 Å². The first kappa shape index (κ1) is 17.0. The average molecular weight is 356 g/mol. The number of hydrogen-bond acceptors (Lipinski definition) is 3. The molecule has 5 nitrogen and oxygen atoms in total. The van der Waals surface area contributed by atoms with Gasteiger partial charge in [-0.2, -0.15) is 5.10 Å². The minimum absolute atomic E-state index is 0.161. The van der Waals surface area contributed by atoms with Crippen LogP contribution in [0.15, 0.2) is 66.7 Å². The fourth-order valence-corrected chi connectivity index (χ4v) is 3.20. The molecule has 4 rings (SSSR count). The monoisotopic (exact) mass is 356 g/mol. The van der Waals surface area contributed by atoms with Gasteiger partial charge in [-0.25, -0.2) is 4.68 Å². The van der Waals surface area contributed by atoms with Gasteiger partial charge in [0.2, 0.25) is 0 Å². The Labute approximate surface area is 157 Å². The Morgan fingerprint density at radius 1 is 0.963 bits per heavy atom. The van der Waals surface area contributed by atoms with Gasteiger partial charge < -0.3 is 5.32 Å². The molecule has 0 spiro atoms. The molecule has 0 aliphatic heterocycles. The molecule has 0 fully saturated rings. The summed E-state index contributed by atoms with van der Waals surface area (Å²) in [5, 5.41) is 8.38. The van der Waals surface area contributed by atoms with Crippen molar-refractivity contribution in [2.24, 2.45) is 0 Å². The quantitative estimate of drug-likeness (QED) is 0.591. The van der Waals surface area contributed by atoms with Crippen molar-refractivity contribution in [2.75, 3.05) is 5.32 Å². The minimum atomic E-state index is -0.161. The summed E-state index contributed by atoms with van der Waals surface area (Å²) in [5.74, 6) is 0.519. The van der Waals surface area contributed by atoms with E-state index in [0.29, 0.717) is 17.9 Å². The summed E-state index contributed by atoms with van der Waals surface area (Å²) in [6.45, 7) is 4.41. The number of rotatable bonds is 4. The van der Waals surface area contributed by atoms with E-state index in [-0.39, 0.29) is 5.91 Å². The van der Waals surface area contributed by atoms with Crippen LogP contribution < -0.4 is 5.32 Å². The Balaban J connectivity index is 1.66. The predicted molar refractivity (Wildman–Crippen MR) is 107 cm³/mol. The van der Waals surface area contributed by atoms with Crippen molar-refractivity contribution >= 4 is 22.6 Å².